The summed E-state index contributed by atoms with van der Waals surface area (Å²) in [6.45, 7) is 0.243. The smallest absolute Gasteiger partial charge is 0.352 e. The number of aliphatic imine (C=N–C) groups is 1. The molecule has 0 bridgehead atoms. The zero-order valence-corrected chi connectivity index (χ0v) is 12.2. The van der Waals surface area contributed by atoms with Gasteiger partial charge in [0.1, 0.15) is 5.82 Å². The first-order chi connectivity index (χ1) is 10.9. The molecule has 0 spiro atoms. The molecule has 0 aliphatic heterocycles. The molecule has 1 heterocycles. The Kier molecular flexibility index (Phi) is 5.20. The number of guanidine groups is 1. The van der Waals surface area contributed by atoms with E-state index in [-0.39, 0.29) is 12.1 Å². The number of halogens is 4. The van der Waals surface area contributed by atoms with Crippen LogP contribution >= 0.6 is 0 Å². The van der Waals surface area contributed by atoms with Crippen LogP contribution in [0, 0.1) is 5.82 Å². The number of alkyl halides is 3. The van der Waals surface area contributed by atoms with Gasteiger partial charge >= 0.3 is 6.18 Å². The molecule has 0 unspecified atom stereocenters. The average molecular weight is 329 g/mol. The van der Waals surface area contributed by atoms with Crippen molar-refractivity contribution >= 4 is 5.96 Å². The van der Waals surface area contributed by atoms with Gasteiger partial charge in [0.25, 0.3) is 0 Å². The minimum absolute atomic E-state index is 0.0663. The van der Waals surface area contributed by atoms with Gasteiger partial charge in [-0.05, 0) is 23.8 Å². The standard InChI is InChI=1S/C14H15F4N5/c1-19-13(21-8-11-4-5-22-23-11)20-7-9-2-3-10(15)6-12(9)14(16,17)18/h2-6H,7-8H2,1H3,(H,22,23)(H2,19,20,21). The normalized spacial score (nSPS) is 12.3. The van der Waals surface area contributed by atoms with Crippen molar-refractivity contribution < 1.29 is 17.6 Å². The molecule has 3 N–H and O–H groups in total. The molecular formula is C14H15F4N5. The molecule has 124 valence electrons. The second-order valence-electron chi connectivity index (χ2n) is 4.66. The fourth-order valence-corrected chi connectivity index (χ4v) is 1.93. The second-order valence-corrected chi connectivity index (χ2v) is 4.66. The largest absolute Gasteiger partial charge is 0.416 e. The molecule has 5 nitrogen and oxygen atoms in total. The first kappa shape index (κ1) is 16.8. The fraction of sp³-hybridized carbons (Fsp3) is 0.286. The maximum Gasteiger partial charge on any atom is 0.416 e. The summed E-state index contributed by atoms with van der Waals surface area (Å²) in [4.78, 5) is 3.92. The van der Waals surface area contributed by atoms with Crippen LogP contribution in [-0.2, 0) is 19.3 Å². The Morgan fingerprint density at radius 1 is 1.22 bits per heavy atom. The van der Waals surface area contributed by atoms with Crippen molar-refractivity contribution in [2.45, 2.75) is 19.3 Å². The van der Waals surface area contributed by atoms with Crippen molar-refractivity contribution in [3.63, 3.8) is 0 Å². The quantitative estimate of drug-likeness (QED) is 0.459. The SMILES string of the molecule is CN=C(NCc1ccn[nH]1)NCc1ccc(F)cc1C(F)(F)F. The van der Waals surface area contributed by atoms with Gasteiger partial charge in [-0.15, -0.1) is 0 Å². The first-order valence-corrected chi connectivity index (χ1v) is 6.68. The molecular weight excluding hydrogens is 314 g/mol. The van der Waals surface area contributed by atoms with Gasteiger partial charge in [-0.25, -0.2) is 4.39 Å². The number of hydrogen-bond donors (Lipinski definition) is 3. The minimum Gasteiger partial charge on any atom is -0.352 e. The van der Waals surface area contributed by atoms with Crippen molar-refractivity contribution in [1.29, 1.82) is 0 Å². The Morgan fingerprint density at radius 2 is 1.96 bits per heavy atom. The summed E-state index contributed by atoms with van der Waals surface area (Å²) in [5.41, 5.74) is -0.275. The highest BCUT2D eigenvalue weighted by Gasteiger charge is 2.33. The van der Waals surface area contributed by atoms with Crippen LogP contribution in [0.4, 0.5) is 17.6 Å². The van der Waals surface area contributed by atoms with Gasteiger partial charge in [0.15, 0.2) is 5.96 Å². The lowest BCUT2D eigenvalue weighted by Gasteiger charge is -2.15. The van der Waals surface area contributed by atoms with E-state index in [1.165, 1.54) is 7.05 Å². The van der Waals surface area contributed by atoms with Gasteiger partial charge in [0, 0.05) is 19.8 Å². The van der Waals surface area contributed by atoms with Crippen LogP contribution < -0.4 is 10.6 Å². The number of aromatic amines is 1. The Balaban J connectivity index is 2.01. The summed E-state index contributed by atoms with van der Waals surface area (Å²) in [6.07, 6.45) is -3.03. The third-order valence-electron chi connectivity index (χ3n) is 3.05. The van der Waals surface area contributed by atoms with Gasteiger partial charge in [0.05, 0.1) is 17.8 Å². The minimum atomic E-state index is -4.62. The molecule has 23 heavy (non-hydrogen) atoms. The van der Waals surface area contributed by atoms with E-state index >= 15 is 0 Å². The Labute approximate surface area is 129 Å². The molecule has 9 heteroatoms. The third-order valence-corrected chi connectivity index (χ3v) is 3.05. The first-order valence-electron chi connectivity index (χ1n) is 6.68. The zero-order chi connectivity index (χ0) is 16.9. The van der Waals surface area contributed by atoms with Gasteiger partial charge in [0.2, 0.25) is 0 Å². The molecule has 0 amide bonds. The van der Waals surface area contributed by atoms with Crippen LogP contribution in [0.2, 0.25) is 0 Å². The number of benzene rings is 1. The molecule has 0 atom stereocenters. The summed E-state index contributed by atoms with van der Waals surface area (Å²) in [7, 11) is 1.50. The number of nitrogens with zero attached hydrogens (tertiary/aromatic N) is 2. The second kappa shape index (κ2) is 7.12. The number of nitrogens with one attached hydrogen (secondary N) is 3. The zero-order valence-electron chi connectivity index (χ0n) is 12.2. The van der Waals surface area contributed by atoms with Gasteiger partial charge < -0.3 is 10.6 Å². The molecule has 0 saturated heterocycles. The Hall–Kier alpha value is -2.58. The van der Waals surface area contributed by atoms with E-state index in [9.17, 15) is 17.6 Å². The summed E-state index contributed by atoms with van der Waals surface area (Å²) in [6, 6.07) is 4.33. The molecule has 0 aliphatic carbocycles. The van der Waals surface area contributed by atoms with Crippen LogP contribution in [0.1, 0.15) is 16.8 Å². The van der Waals surface area contributed by atoms with Gasteiger partial charge in [-0.2, -0.15) is 18.3 Å². The Morgan fingerprint density at radius 3 is 2.57 bits per heavy atom. The third kappa shape index (κ3) is 4.70. The topological polar surface area (TPSA) is 65.1 Å². The van der Waals surface area contributed by atoms with Crippen LogP contribution in [-0.4, -0.2) is 23.2 Å². The van der Waals surface area contributed by atoms with Crippen LogP contribution in [0.3, 0.4) is 0 Å². The lowest BCUT2D eigenvalue weighted by molar-refractivity contribution is -0.138. The molecule has 0 fully saturated rings. The number of aromatic nitrogens is 2. The highest BCUT2D eigenvalue weighted by Crippen LogP contribution is 2.32. The molecule has 1 aromatic heterocycles. The molecule has 2 aromatic rings. The van der Waals surface area contributed by atoms with Gasteiger partial charge in [-0.3, -0.25) is 10.1 Å². The fourth-order valence-electron chi connectivity index (χ4n) is 1.93. The van der Waals surface area contributed by atoms with Gasteiger partial charge in [-0.1, -0.05) is 6.07 Å². The maximum absolute atomic E-state index is 13.1. The number of H-pyrrole nitrogens is 1. The number of hydrogen-bond acceptors (Lipinski definition) is 2. The summed E-state index contributed by atoms with van der Waals surface area (Å²) < 4.78 is 51.8. The lowest BCUT2D eigenvalue weighted by atomic mass is 10.1. The van der Waals surface area contributed by atoms with E-state index in [0.717, 1.165) is 17.8 Å². The molecule has 2 rings (SSSR count). The summed E-state index contributed by atoms with van der Waals surface area (Å²) in [5.74, 6) is -0.611. The van der Waals surface area contributed by atoms with E-state index in [1.54, 1.807) is 12.3 Å². The van der Waals surface area contributed by atoms with E-state index in [1.807, 2.05) is 0 Å². The van der Waals surface area contributed by atoms with Crippen molar-refractivity contribution in [3.8, 4) is 0 Å². The average Bonchev–Trinajstić information content (AvgIpc) is 3.01. The molecule has 0 saturated carbocycles. The summed E-state index contributed by atoms with van der Waals surface area (Å²) in [5, 5.41) is 12.2. The van der Waals surface area contributed by atoms with Crippen molar-refractivity contribution in [2.75, 3.05) is 7.05 Å². The maximum atomic E-state index is 13.1. The van der Waals surface area contributed by atoms with Crippen molar-refractivity contribution in [1.82, 2.24) is 20.8 Å². The monoisotopic (exact) mass is 329 g/mol. The lowest BCUT2D eigenvalue weighted by Crippen LogP contribution is -2.36. The predicted molar refractivity (Wildman–Crippen MR) is 77.0 cm³/mol. The van der Waals surface area contributed by atoms with Crippen molar-refractivity contribution in [3.05, 3.63) is 53.1 Å². The summed E-state index contributed by atoms with van der Waals surface area (Å²) >= 11 is 0. The number of rotatable bonds is 4. The highest BCUT2D eigenvalue weighted by atomic mass is 19.4. The molecule has 0 radical (unpaired) electrons. The van der Waals surface area contributed by atoms with Crippen molar-refractivity contribution in [2.24, 2.45) is 4.99 Å². The predicted octanol–water partition coefficient (Wildman–Crippen LogP) is 2.43. The van der Waals surface area contributed by atoms with E-state index in [0.29, 0.717) is 18.6 Å². The van der Waals surface area contributed by atoms with E-state index < -0.39 is 17.6 Å². The van der Waals surface area contributed by atoms with Crippen LogP contribution in [0.25, 0.3) is 0 Å². The van der Waals surface area contributed by atoms with Crippen LogP contribution in [0.5, 0.6) is 0 Å². The van der Waals surface area contributed by atoms with Crippen LogP contribution in [0.15, 0.2) is 35.5 Å². The highest BCUT2D eigenvalue weighted by molar-refractivity contribution is 5.79. The molecule has 0 aliphatic rings. The Bertz CT molecular complexity index is 664. The molecule has 1 aromatic carbocycles. The van der Waals surface area contributed by atoms with E-state index in [2.05, 4.69) is 25.8 Å². The van der Waals surface area contributed by atoms with E-state index in [4.69, 9.17) is 0 Å².